The molecule has 0 aromatic heterocycles. The van der Waals surface area contributed by atoms with Gasteiger partial charge < -0.3 is 5.73 Å². The van der Waals surface area contributed by atoms with E-state index in [0.717, 1.165) is 25.1 Å². The second kappa shape index (κ2) is 7.22. The van der Waals surface area contributed by atoms with Gasteiger partial charge in [-0.1, -0.05) is 18.6 Å². The standard InChI is InChI=1S/C15H23FN2.ClH/c1-11-6-7-13(9-14(11)16)10-18-8-4-3-5-15(18)12(2)17;/h6-7,9,12,15H,3-5,8,10,17H2,1-2H3;1H. The third kappa shape index (κ3) is 4.16. The average molecular weight is 287 g/mol. The number of halogens is 2. The predicted molar refractivity (Wildman–Crippen MR) is 80.1 cm³/mol. The third-order valence-electron chi connectivity index (χ3n) is 3.89. The van der Waals surface area contributed by atoms with E-state index >= 15 is 0 Å². The Hall–Kier alpha value is -0.640. The summed E-state index contributed by atoms with van der Waals surface area (Å²) >= 11 is 0. The summed E-state index contributed by atoms with van der Waals surface area (Å²) in [6.45, 7) is 5.74. The van der Waals surface area contributed by atoms with Crippen LogP contribution in [0.25, 0.3) is 0 Å². The molecule has 1 aliphatic heterocycles. The minimum Gasteiger partial charge on any atom is -0.327 e. The topological polar surface area (TPSA) is 29.3 Å². The molecule has 1 aliphatic rings. The van der Waals surface area contributed by atoms with Crippen molar-refractivity contribution in [3.8, 4) is 0 Å². The first kappa shape index (κ1) is 16.4. The lowest BCUT2D eigenvalue weighted by molar-refractivity contribution is 0.123. The van der Waals surface area contributed by atoms with Crippen LogP contribution in [-0.2, 0) is 6.54 Å². The Morgan fingerprint density at radius 3 is 2.79 bits per heavy atom. The molecule has 19 heavy (non-hydrogen) atoms. The van der Waals surface area contributed by atoms with Crippen LogP contribution < -0.4 is 5.73 Å². The van der Waals surface area contributed by atoms with Gasteiger partial charge >= 0.3 is 0 Å². The highest BCUT2D eigenvalue weighted by molar-refractivity contribution is 5.85. The van der Waals surface area contributed by atoms with Crippen molar-refractivity contribution in [3.05, 3.63) is 35.1 Å². The number of piperidine rings is 1. The number of hydrogen-bond acceptors (Lipinski definition) is 2. The van der Waals surface area contributed by atoms with Crippen LogP contribution in [0, 0.1) is 12.7 Å². The Morgan fingerprint density at radius 2 is 2.16 bits per heavy atom. The molecule has 4 heteroatoms. The van der Waals surface area contributed by atoms with Crippen LogP contribution >= 0.6 is 12.4 Å². The number of hydrogen-bond donors (Lipinski definition) is 1. The van der Waals surface area contributed by atoms with E-state index in [1.54, 1.807) is 13.0 Å². The molecule has 2 nitrogen and oxygen atoms in total. The van der Waals surface area contributed by atoms with E-state index in [9.17, 15) is 4.39 Å². The summed E-state index contributed by atoms with van der Waals surface area (Å²) in [6, 6.07) is 6.15. The van der Waals surface area contributed by atoms with Crippen molar-refractivity contribution < 1.29 is 4.39 Å². The highest BCUT2D eigenvalue weighted by Gasteiger charge is 2.25. The SMILES string of the molecule is Cc1ccc(CN2CCCCC2C(C)N)cc1F.Cl. The number of nitrogens with zero attached hydrogens (tertiary/aromatic N) is 1. The summed E-state index contributed by atoms with van der Waals surface area (Å²) in [7, 11) is 0. The summed E-state index contributed by atoms with van der Waals surface area (Å²) in [6.07, 6.45) is 3.63. The van der Waals surface area contributed by atoms with Gasteiger partial charge in [0.1, 0.15) is 5.82 Å². The first-order valence-corrected chi connectivity index (χ1v) is 6.82. The van der Waals surface area contributed by atoms with E-state index in [2.05, 4.69) is 11.8 Å². The summed E-state index contributed by atoms with van der Waals surface area (Å²) in [5.41, 5.74) is 7.81. The third-order valence-corrected chi connectivity index (χ3v) is 3.89. The summed E-state index contributed by atoms with van der Waals surface area (Å²) in [5.74, 6) is -0.109. The van der Waals surface area contributed by atoms with Gasteiger partial charge in [-0.2, -0.15) is 0 Å². The van der Waals surface area contributed by atoms with Crippen molar-refractivity contribution >= 4 is 12.4 Å². The fourth-order valence-corrected chi connectivity index (χ4v) is 2.78. The Morgan fingerprint density at radius 1 is 1.42 bits per heavy atom. The van der Waals surface area contributed by atoms with Gasteiger partial charge in [-0.05, 0) is 50.4 Å². The van der Waals surface area contributed by atoms with Gasteiger partial charge in [-0.15, -0.1) is 12.4 Å². The van der Waals surface area contributed by atoms with Crippen molar-refractivity contribution in [2.45, 2.75) is 51.7 Å². The Kier molecular flexibility index (Phi) is 6.24. The van der Waals surface area contributed by atoms with Crippen LogP contribution in [0.5, 0.6) is 0 Å². The summed E-state index contributed by atoms with van der Waals surface area (Å²) < 4.78 is 13.5. The molecular formula is C15H24ClFN2. The second-order valence-corrected chi connectivity index (χ2v) is 5.48. The van der Waals surface area contributed by atoms with E-state index < -0.39 is 0 Å². The molecule has 0 amide bonds. The van der Waals surface area contributed by atoms with Gasteiger partial charge in [-0.3, -0.25) is 4.90 Å². The van der Waals surface area contributed by atoms with Crippen molar-refractivity contribution in [3.63, 3.8) is 0 Å². The molecule has 1 heterocycles. The predicted octanol–water partition coefficient (Wildman–Crippen LogP) is 3.26. The minimum absolute atomic E-state index is 0. The van der Waals surface area contributed by atoms with Gasteiger partial charge in [-0.25, -0.2) is 4.39 Å². The number of rotatable bonds is 3. The molecule has 2 N–H and O–H groups in total. The van der Waals surface area contributed by atoms with Gasteiger partial charge in [0.25, 0.3) is 0 Å². The maximum absolute atomic E-state index is 13.5. The van der Waals surface area contributed by atoms with Crippen molar-refractivity contribution in [1.29, 1.82) is 0 Å². The maximum Gasteiger partial charge on any atom is 0.126 e. The lowest BCUT2D eigenvalue weighted by Gasteiger charge is -2.38. The van der Waals surface area contributed by atoms with E-state index in [1.807, 2.05) is 12.1 Å². The van der Waals surface area contributed by atoms with E-state index in [4.69, 9.17) is 5.73 Å². The van der Waals surface area contributed by atoms with Crippen LogP contribution in [0.2, 0.25) is 0 Å². The van der Waals surface area contributed by atoms with Crippen molar-refractivity contribution in [2.24, 2.45) is 5.73 Å². The van der Waals surface area contributed by atoms with Crippen LogP contribution in [0.3, 0.4) is 0 Å². The molecule has 1 aromatic carbocycles. The molecule has 0 spiro atoms. The van der Waals surface area contributed by atoms with E-state index in [1.165, 1.54) is 12.8 Å². The molecule has 1 fully saturated rings. The molecule has 1 saturated heterocycles. The normalized spacial score (nSPS) is 21.8. The molecule has 0 radical (unpaired) electrons. The summed E-state index contributed by atoms with van der Waals surface area (Å²) in [4.78, 5) is 2.40. The zero-order valence-corrected chi connectivity index (χ0v) is 12.5. The van der Waals surface area contributed by atoms with Crippen LogP contribution in [0.4, 0.5) is 4.39 Å². The summed E-state index contributed by atoms with van der Waals surface area (Å²) in [5, 5.41) is 0. The number of aryl methyl sites for hydroxylation is 1. The highest BCUT2D eigenvalue weighted by atomic mass is 35.5. The van der Waals surface area contributed by atoms with Crippen LogP contribution in [0.1, 0.15) is 37.3 Å². The lowest BCUT2D eigenvalue weighted by atomic mass is 9.96. The fourth-order valence-electron chi connectivity index (χ4n) is 2.78. The smallest absolute Gasteiger partial charge is 0.126 e. The molecule has 2 rings (SSSR count). The molecule has 2 unspecified atom stereocenters. The fraction of sp³-hybridized carbons (Fsp3) is 0.600. The Labute approximate surface area is 121 Å². The zero-order chi connectivity index (χ0) is 13.1. The number of nitrogens with two attached hydrogens (primary N) is 1. The first-order valence-electron chi connectivity index (χ1n) is 6.82. The largest absolute Gasteiger partial charge is 0.327 e. The van der Waals surface area contributed by atoms with Gasteiger partial charge in [0.05, 0.1) is 0 Å². The molecule has 108 valence electrons. The Balaban J connectivity index is 0.00000180. The molecule has 0 saturated carbocycles. The molecule has 0 bridgehead atoms. The van der Waals surface area contributed by atoms with Gasteiger partial charge in [0, 0.05) is 18.6 Å². The van der Waals surface area contributed by atoms with Crippen LogP contribution in [-0.4, -0.2) is 23.5 Å². The molecule has 0 aliphatic carbocycles. The van der Waals surface area contributed by atoms with Crippen LogP contribution in [0.15, 0.2) is 18.2 Å². The van der Waals surface area contributed by atoms with Gasteiger partial charge in [0.15, 0.2) is 0 Å². The lowest BCUT2D eigenvalue weighted by Crippen LogP contribution is -2.48. The van der Waals surface area contributed by atoms with Crippen molar-refractivity contribution in [1.82, 2.24) is 4.90 Å². The maximum atomic E-state index is 13.5. The number of benzene rings is 1. The first-order chi connectivity index (χ1) is 8.58. The molecule has 1 aromatic rings. The quantitative estimate of drug-likeness (QED) is 0.924. The highest BCUT2D eigenvalue weighted by Crippen LogP contribution is 2.22. The monoisotopic (exact) mass is 286 g/mol. The van der Waals surface area contributed by atoms with Crippen molar-refractivity contribution in [2.75, 3.05) is 6.54 Å². The van der Waals surface area contributed by atoms with E-state index in [0.29, 0.717) is 11.6 Å². The number of likely N-dealkylation sites (tertiary alicyclic amines) is 1. The minimum atomic E-state index is -0.109. The average Bonchev–Trinajstić information content (AvgIpc) is 2.34. The molecule has 2 atom stereocenters. The Bertz CT molecular complexity index is 409. The molecular weight excluding hydrogens is 263 g/mol. The van der Waals surface area contributed by atoms with E-state index in [-0.39, 0.29) is 24.3 Å². The second-order valence-electron chi connectivity index (χ2n) is 5.48. The zero-order valence-electron chi connectivity index (χ0n) is 11.7. The van der Waals surface area contributed by atoms with Gasteiger partial charge in [0.2, 0.25) is 0 Å².